The molecule has 6 heteroatoms. The summed E-state index contributed by atoms with van der Waals surface area (Å²) < 4.78 is 7.66. The molecule has 1 aliphatic rings. The van der Waals surface area contributed by atoms with Crippen LogP contribution >= 0.6 is 0 Å². The normalized spacial score (nSPS) is 13.8. The number of aromatic nitrogens is 3. The van der Waals surface area contributed by atoms with Crippen molar-refractivity contribution in [3.8, 4) is 5.75 Å². The molecule has 0 saturated heterocycles. The van der Waals surface area contributed by atoms with Gasteiger partial charge in [0.2, 0.25) is 5.91 Å². The van der Waals surface area contributed by atoms with Gasteiger partial charge in [-0.3, -0.25) is 9.48 Å². The zero-order valence-corrected chi connectivity index (χ0v) is 13.6. The molecule has 0 spiro atoms. The van der Waals surface area contributed by atoms with Crippen molar-refractivity contribution in [3.63, 3.8) is 0 Å². The number of benzene rings is 1. The molecule has 122 valence electrons. The molecule has 0 atom stereocenters. The van der Waals surface area contributed by atoms with Gasteiger partial charge in [0, 0.05) is 18.7 Å². The average molecular weight is 314 g/mol. The van der Waals surface area contributed by atoms with Crippen LogP contribution in [0.1, 0.15) is 37.9 Å². The van der Waals surface area contributed by atoms with Crippen LogP contribution in [0.3, 0.4) is 0 Å². The maximum absolute atomic E-state index is 11.4. The molecule has 1 aliphatic heterocycles. The summed E-state index contributed by atoms with van der Waals surface area (Å²) >= 11 is 0. The Morgan fingerprint density at radius 3 is 3.04 bits per heavy atom. The van der Waals surface area contributed by atoms with Gasteiger partial charge in [-0.1, -0.05) is 19.1 Å². The maximum atomic E-state index is 11.4. The van der Waals surface area contributed by atoms with Crippen molar-refractivity contribution in [1.29, 1.82) is 0 Å². The summed E-state index contributed by atoms with van der Waals surface area (Å²) in [5, 5.41) is 11.1. The highest BCUT2D eigenvalue weighted by Gasteiger charge is 2.15. The predicted octanol–water partition coefficient (Wildman–Crippen LogP) is 2.79. The number of nitrogens with zero attached hydrogens (tertiary/aromatic N) is 3. The number of carbonyl (C=O) groups excluding carboxylic acids is 1. The van der Waals surface area contributed by atoms with Gasteiger partial charge in [-0.05, 0) is 42.5 Å². The van der Waals surface area contributed by atoms with Crippen molar-refractivity contribution in [3.05, 3.63) is 35.7 Å². The second-order valence-electron chi connectivity index (χ2n) is 6.31. The number of anilines is 1. The molecule has 1 aromatic heterocycles. The Morgan fingerprint density at radius 2 is 2.22 bits per heavy atom. The molecule has 0 bridgehead atoms. The molecule has 1 N–H and O–H groups in total. The van der Waals surface area contributed by atoms with E-state index >= 15 is 0 Å². The van der Waals surface area contributed by atoms with Crippen molar-refractivity contribution in [2.24, 2.45) is 5.92 Å². The van der Waals surface area contributed by atoms with E-state index in [9.17, 15) is 4.79 Å². The van der Waals surface area contributed by atoms with Gasteiger partial charge in [-0.2, -0.15) is 0 Å². The third-order valence-corrected chi connectivity index (χ3v) is 3.88. The lowest BCUT2D eigenvalue weighted by atomic mass is 10.0. The largest absolute Gasteiger partial charge is 0.487 e. The first-order valence-electron chi connectivity index (χ1n) is 8.05. The first-order valence-corrected chi connectivity index (χ1v) is 8.05. The highest BCUT2D eigenvalue weighted by molar-refractivity contribution is 5.93. The van der Waals surface area contributed by atoms with Crippen molar-refractivity contribution >= 4 is 11.6 Å². The van der Waals surface area contributed by atoms with Crippen molar-refractivity contribution in [2.75, 3.05) is 5.32 Å². The van der Waals surface area contributed by atoms with Crippen LogP contribution in [0.2, 0.25) is 0 Å². The van der Waals surface area contributed by atoms with Crippen LogP contribution in [-0.2, 0) is 24.4 Å². The molecule has 0 unspecified atom stereocenters. The quantitative estimate of drug-likeness (QED) is 0.890. The maximum Gasteiger partial charge on any atom is 0.224 e. The van der Waals surface area contributed by atoms with Crippen LogP contribution in [0.25, 0.3) is 0 Å². The van der Waals surface area contributed by atoms with E-state index in [0.717, 1.165) is 42.1 Å². The number of hydrogen-bond donors (Lipinski definition) is 1. The topological polar surface area (TPSA) is 69.0 Å². The molecule has 1 amide bonds. The molecule has 0 saturated carbocycles. The van der Waals surface area contributed by atoms with E-state index in [0.29, 0.717) is 18.9 Å². The number of rotatable bonds is 6. The lowest BCUT2D eigenvalue weighted by Gasteiger charge is -2.17. The van der Waals surface area contributed by atoms with Gasteiger partial charge in [0.1, 0.15) is 18.1 Å². The van der Waals surface area contributed by atoms with E-state index in [1.165, 1.54) is 0 Å². The molecule has 2 heterocycles. The number of hydrogen-bond acceptors (Lipinski definition) is 4. The van der Waals surface area contributed by atoms with E-state index in [4.69, 9.17) is 4.74 Å². The van der Waals surface area contributed by atoms with E-state index in [1.807, 2.05) is 29.1 Å². The van der Waals surface area contributed by atoms with Gasteiger partial charge >= 0.3 is 0 Å². The van der Waals surface area contributed by atoms with E-state index in [-0.39, 0.29) is 5.91 Å². The molecule has 1 aromatic carbocycles. The van der Waals surface area contributed by atoms with Crippen molar-refractivity contribution in [1.82, 2.24) is 15.0 Å². The van der Waals surface area contributed by atoms with Gasteiger partial charge in [0.05, 0.1) is 6.20 Å². The third-order valence-electron chi connectivity index (χ3n) is 3.88. The standard InChI is InChI=1S/C17H22N4O2/c1-12(2)7-8-21-10-14(19-20-21)11-23-15-4-5-16-13(9-15)3-6-17(22)18-16/h4-5,9-10,12H,3,6-8,11H2,1-2H3,(H,18,22). The van der Waals surface area contributed by atoms with Crippen LogP contribution in [0.5, 0.6) is 5.75 Å². The second-order valence-corrected chi connectivity index (χ2v) is 6.31. The monoisotopic (exact) mass is 314 g/mol. The van der Waals surface area contributed by atoms with Gasteiger partial charge in [-0.15, -0.1) is 5.10 Å². The van der Waals surface area contributed by atoms with E-state index in [2.05, 4.69) is 29.5 Å². The molecule has 0 aliphatic carbocycles. The molecule has 2 aromatic rings. The Morgan fingerprint density at radius 1 is 1.35 bits per heavy atom. The van der Waals surface area contributed by atoms with Crippen LogP contribution in [-0.4, -0.2) is 20.9 Å². The Kier molecular flexibility index (Phi) is 4.60. The molecule has 6 nitrogen and oxygen atoms in total. The molecular formula is C17H22N4O2. The molecule has 0 fully saturated rings. The zero-order chi connectivity index (χ0) is 16.2. The fourth-order valence-corrected chi connectivity index (χ4v) is 2.51. The van der Waals surface area contributed by atoms with Crippen LogP contribution in [0.15, 0.2) is 24.4 Å². The number of amides is 1. The van der Waals surface area contributed by atoms with E-state index < -0.39 is 0 Å². The number of ether oxygens (including phenoxy) is 1. The summed E-state index contributed by atoms with van der Waals surface area (Å²) in [5.41, 5.74) is 2.82. The second kappa shape index (κ2) is 6.81. The number of carbonyl (C=O) groups is 1. The average Bonchev–Trinajstić information content (AvgIpc) is 2.99. The summed E-state index contributed by atoms with van der Waals surface area (Å²) in [5.74, 6) is 1.51. The number of fused-ring (bicyclic) bond motifs is 1. The van der Waals surface area contributed by atoms with Crippen molar-refractivity contribution < 1.29 is 9.53 Å². The molecule has 0 radical (unpaired) electrons. The first kappa shape index (κ1) is 15.5. The van der Waals surface area contributed by atoms with E-state index in [1.54, 1.807) is 0 Å². The molecule has 3 rings (SSSR count). The summed E-state index contributed by atoms with van der Waals surface area (Å²) in [6.45, 7) is 5.66. The Bertz CT molecular complexity index is 694. The number of aryl methyl sites for hydroxylation is 2. The zero-order valence-electron chi connectivity index (χ0n) is 13.6. The smallest absolute Gasteiger partial charge is 0.224 e. The minimum Gasteiger partial charge on any atom is -0.487 e. The van der Waals surface area contributed by atoms with Crippen LogP contribution < -0.4 is 10.1 Å². The summed E-state index contributed by atoms with van der Waals surface area (Å²) in [6, 6.07) is 5.74. The van der Waals surface area contributed by atoms with Gasteiger partial charge in [0.15, 0.2) is 0 Å². The van der Waals surface area contributed by atoms with Gasteiger partial charge in [0.25, 0.3) is 0 Å². The lowest BCUT2D eigenvalue weighted by Crippen LogP contribution is -2.18. The summed E-state index contributed by atoms with van der Waals surface area (Å²) in [7, 11) is 0. The minimum absolute atomic E-state index is 0.0733. The first-order chi connectivity index (χ1) is 11.1. The Labute approximate surface area is 135 Å². The molecule has 23 heavy (non-hydrogen) atoms. The Hall–Kier alpha value is -2.37. The fourth-order valence-electron chi connectivity index (χ4n) is 2.51. The Balaban J connectivity index is 1.57. The van der Waals surface area contributed by atoms with Crippen molar-refractivity contribution in [2.45, 2.75) is 46.3 Å². The summed E-state index contributed by atoms with van der Waals surface area (Å²) in [6.07, 6.45) is 4.30. The number of nitrogens with one attached hydrogen (secondary N) is 1. The van der Waals surface area contributed by atoms with Gasteiger partial charge < -0.3 is 10.1 Å². The SMILES string of the molecule is CC(C)CCn1cc(COc2ccc3c(c2)CCC(=O)N3)nn1. The fraction of sp³-hybridized carbons (Fsp3) is 0.471. The summed E-state index contributed by atoms with van der Waals surface area (Å²) in [4.78, 5) is 11.4. The highest BCUT2D eigenvalue weighted by atomic mass is 16.5. The predicted molar refractivity (Wildman–Crippen MR) is 87.2 cm³/mol. The highest BCUT2D eigenvalue weighted by Crippen LogP contribution is 2.27. The minimum atomic E-state index is 0.0733. The molecular weight excluding hydrogens is 292 g/mol. The van der Waals surface area contributed by atoms with Gasteiger partial charge in [-0.25, -0.2) is 0 Å². The third kappa shape index (κ3) is 4.09. The van der Waals surface area contributed by atoms with Crippen LogP contribution in [0.4, 0.5) is 5.69 Å². The lowest BCUT2D eigenvalue weighted by molar-refractivity contribution is -0.116. The van der Waals surface area contributed by atoms with Crippen LogP contribution in [0, 0.1) is 5.92 Å².